The number of carbonyl (C=O) groups excluding carboxylic acids is 1. The number of benzene rings is 1. The minimum Gasteiger partial charge on any atom is -0.341 e. The molecule has 0 aliphatic carbocycles. The van der Waals surface area contributed by atoms with Gasteiger partial charge in [-0.1, -0.05) is 29.8 Å². The second kappa shape index (κ2) is 6.01. The van der Waals surface area contributed by atoms with E-state index in [9.17, 15) is 4.79 Å². The number of rotatable bonds is 4. The Labute approximate surface area is 109 Å². The van der Waals surface area contributed by atoms with Gasteiger partial charge in [-0.15, -0.1) is 0 Å². The average molecular weight is 246 g/mol. The van der Waals surface area contributed by atoms with Gasteiger partial charge in [0, 0.05) is 26.1 Å². The van der Waals surface area contributed by atoms with Crippen LogP contribution in [0.5, 0.6) is 0 Å². The van der Waals surface area contributed by atoms with Crippen LogP contribution in [0.2, 0.25) is 0 Å². The summed E-state index contributed by atoms with van der Waals surface area (Å²) < 4.78 is 0. The summed E-state index contributed by atoms with van der Waals surface area (Å²) in [5.41, 5.74) is 2.44. The molecule has 1 saturated heterocycles. The van der Waals surface area contributed by atoms with E-state index < -0.39 is 0 Å². The molecule has 3 nitrogen and oxygen atoms in total. The summed E-state index contributed by atoms with van der Waals surface area (Å²) in [5.74, 6) is 0.231. The van der Waals surface area contributed by atoms with Gasteiger partial charge in [-0.05, 0) is 31.9 Å². The number of aryl methyl sites for hydroxylation is 1. The van der Waals surface area contributed by atoms with Gasteiger partial charge in [0.15, 0.2) is 0 Å². The van der Waals surface area contributed by atoms with E-state index in [4.69, 9.17) is 0 Å². The zero-order valence-electron chi connectivity index (χ0n) is 11.3. The molecule has 1 N–H and O–H groups in total. The molecule has 98 valence electrons. The van der Waals surface area contributed by atoms with Crippen LogP contribution in [-0.2, 0) is 11.3 Å². The van der Waals surface area contributed by atoms with Crippen LogP contribution in [0, 0.1) is 6.92 Å². The first-order chi connectivity index (χ1) is 8.65. The lowest BCUT2D eigenvalue weighted by Gasteiger charge is -2.19. The minimum absolute atomic E-state index is 0.231. The molecule has 1 aliphatic heterocycles. The van der Waals surface area contributed by atoms with E-state index in [0.717, 1.165) is 13.0 Å². The first kappa shape index (κ1) is 13.1. The van der Waals surface area contributed by atoms with Crippen LogP contribution in [-0.4, -0.2) is 30.4 Å². The van der Waals surface area contributed by atoms with E-state index >= 15 is 0 Å². The number of nitrogens with zero attached hydrogens (tertiary/aromatic N) is 1. The molecule has 1 unspecified atom stereocenters. The zero-order valence-corrected chi connectivity index (χ0v) is 11.3. The van der Waals surface area contributed by atoms with Crippen LogP contribution in [0.1, 0.15) is 30.4 Å². The van der Waals surface area contributed by atoms with Crippen molar-refractivity contribution in [2.75, 3.05) is 13.6 Å². The molecule has 0 radical (unpaired) electrons. The van der Waals surface area contributed by atoms with Crippen LogP contribution in [0.4, 0.5) is 0 Å². The second-order valence-corrected chi connectivity index (χ2v) is 5.23. The summed E-state index contributed by atoms with van der Waals surface area (Å²) in [4.78, 5) is 13.9. The molecular weight excluding hydrogens is 224 g/mol. The van der Waals surface area contributed by atoms with Gasteiger partial charge in [0.25, 0.3) is 0 Å². The summed E-state index contributed by atoms with van der Waals surface area (Å²) >= 11 is 0. The monoisotopic (exact) mass is 246 g/mol. The molecule has 18 heavy (non-hydrogen) atoms. The Morgan fingerprint density at radius 1 is 1.39 bits per heavy atom. The Bertz CT molecular complexity index is 393. The molecule has 0 saturated carbocycles. The fourth-order valence-electron chi connectivity index (χ4n) is 2.35. The summed E-state index contributed by atoms with van der Waals surface area (Å²) in [7, 11) is 1.89. The fraction of sp³-hybridized carbons (Fsp3) is 0.533. The Morgan fingerprint density at radius 3 is 2.72 bits per heavy atom. The average Bonchev–Trinajstić information content (AvgIpc) is 2.85. The van der Waals surface area contributed by atoms with Crippen molar-refractivity contribution < 1.29 is 4.79 Å². The summed E-state index contributed by atoms with van der Waals surface area (Å²) in [6, 6.07) is 8.75. The van der Waals surface area contributed by atoms with Crippen molar-refractivity contribution in [1.82, 2.24) is 10.2 Å². The number of hydrogen-bond acceptors (Lipinski definition) is 2. The number of hydrogen-bond donors (Lipinski definition) is 1. The Balaban J connectivity index is 1.84. The molecule has 1 fully saturated rings. The predicted octanol–water partition coefficient (Wildman–Crippen LogP) is 2.10. The molecule has 0 spiro atoms. The highest BCUT2D eigenvalue weighted by atomic mass is 16.2. The maximum absolute atomic E-state index is 12.1. The van der Waals surface area contributed by atoms with Gasteiger partial charge in [-0.2, -0.15) is 0 Å². The van der Waals surface area contributed by atoms with Crippen molar-refractivity contribution in [1.29, 1.82) is 0 Å². The largest absolute Gasteiger partial charge is 0.341 e. The van der Waals surface area contributed by atoms with Crippen LogP contribution in [0.15, 0.2) is 24.3 Å². The number of amides is 1. The van der Waals surface area contributed by atoms with Gasteiger partial charge in [-0.25, -0.2) is 0 Å². The van der Waals surface area contributed by atoms with E-state index in [1.807, 2.05) is 11.9 Å². The Kier molecular flexibility index (Phi) is 4.37. The van der Waals surface area contributed by atoms with Gasteiger partial charge >= 0.3 is 0 Å². The summed E-state index contributed by atoms with van der Waals surface area (Å²) in [6.45, 7) is 3.83. The molecule has 1 aromatic rings. The standard InChI is InChI=1S/C15H22N2O/c1-12-5-7-13(8-6-12)11-17(2)15(18)10-14-4-3-9-16-14/h5-8,14,16H,3-4,9-11H2,1-2H3. The highest BCUT2D eigenvalue weighted by molar-refractivity contribution is 5.76. The third kappa shape index (κ3) is 3.57. The Morgan fingerprint density at radius 2 is 2.11 bits per heavy atom. The minimum atomic E-state index is 0.231. The lowest BCUT2D eigenvalue weighted by Crippen LogP contribution is -2.33. The zero-order chi connectivity index (χ0) is 13.0. The lowest BCUT2D eigenvalue weighted by molar-refractivity contribution is -0.130. The van der Waals surface area contributed by atoms with Crippen LogP contribution < -0.4 is 5.32 Å². The van der Waals surface area contributed by atoms with E-state index in [-0.39, 0.29) is 5.91 Å². The number of carbonyl (C=O) groups is 1. The van der Waals surface area contributed by atoms with Crippen LogP contribution >= 0.6 is 0 Å². The normalized spacial score (nSPS) is 18.9. The van der Waals surface area contributed by atoms with E-state index in [0.29, 0.717) is 19.0 Å². The van der Waals surface area contributed by atoms with E-state index in [2.05, 4.69) is 36.5 Å². The predicted molar refractivity (Wildman–Crippen MR) is 73.3 cm³/mol. The maximum Gasteiger partial charge on any atom is 0.224 e. The van der Waals surface area contributed by atoms with Crippen molar-refractivity contribution in [2.45, 2.75) is 38.8 Å². The molecule has 2 rings (SSSR count). The number of nitrogens with one attached hydrogen (secondary N) is 1. The van der Waals surface area contributed by atoms with E-state index in [1.54, 1.807) is 0 Å². The maximum atomic E-state index is 12.1. The van der Waals surface area contributed by atoms with Gasteiger partial charge in [-0.3, -0.25) is 4.79 Å². The second-order valence-electron chi connectivity index (χ2n) is 5.23. The third-order valence-corrected chi connectivity index (χ3v) is 3.55. The fourth-order valence-corrected chi connectivity index (χ4v) is 2.35. The molecule has 0 aromatic heterocycles. The first-order valence-corrected chi connectivity index (χ1v) is 6.68. The molecule has 0 bridgehead atoms. The molecule has 3 heteroatoms. The van der Waals surface area contributed by atoms with Gasteiger partial charge in [0.2, 0.25) is 5.91 Å². The topological polar surface area (TPSA) is 32.3 Å². The quantitative estimate of drug-likeness (QED) is 0.882. The summed E-state index contributed by atoms with van der Waals surface area (Å²) in [6.07, 6.45) is 2.95. The van der Waals surface area contributed by atoms with Crippen molar-refractivity contribution in [3.63, 3.8) is 0 Å². The third-order valence-electron chi connectivity index (χ3n) is 3.55. The van der Waals surface area contributed by atoms with Gasteiger partial charge in [0.05, 0.1) is 0 Å². The molecule has 1 aromatic carbocycles. The van der Waals surface area contributed by atoms with Crippen molar-refractivity contribution >= 4 is 5.91 Å². The SMILES string of the molecule is Cc1ccc(CN(C)C(=O)CC2CCCN2)cc1. The smallest absolute Gasteiger partial charge is 0.224 e. The van der Waals surface area contributed by atoms with Gasteiger partial charge < -0.3 is 10.2 Å². The molecular formula is C15H22N2O. The molecule has 1 aliphatic rings. The Hall–Kier alpha value is -1.35. The van der Waals surface area contributed by atoms with Gasteiger partial charge in [0.1, 0.15) is 0 Å². The molecule has 1 amide bonds. The molecule has 1 heterocycles. The first-order valence-electron chi connectivity index (χ1n) is 6.68. The molecule has 1 atom stereocenters. The lowest BCUT2D eigenvalue weighted by atomic mass is 10.1. The van der Waals surface area contributed by atoms with E-state index in [1.165, 1.54) is 17.5 Å². The highest BCUT2D eigenvalue weighted by Crippen LogP contribution is 2.12. The van der Waals surface area contributed by atoms with Crippen molar-refractivity contribution in [3.8, 4) is 0 Å². The summed E-state index contributed by atoms with van der Waals surface area (Å²) in [5, 5.41) is 3.37. The highest BCUT2D eigenvalue weighted by Gasteiger charge is 2.19. The van der Waals surface area contributed by atoms with Crippen LogP contribution in [0.3, 0.4) is 0 Å². The van der Waals surface area contributed by atoms with Crippen molar-refractivity contribution in [3.05, 3.63) is 35.4 Å². The van der Waals surface area contributed by atoms with Crippen molar-refractivity contribution in [2.24, 2.45) is 0 Å². The van der Waals surface area contributed by atoms with Crippen LogP contribution in [0.25, 0.3) is 0 Å².